The Kier molecular flexibility index (Phi) is 7.22. The van der Waals surface area contributed by atoms with E-state index in [-0.39, 0.29) is 11.9 Å². The predicted molar refractivity (Wildman–Crippen MR) is 112 cm³/mol. The molecule has 1 heterocycles. The van der Waals surface area contributed by atoms with Crippen molar-refractivity contribution in [2.45, 2.75) is 26.1 Å². The van der Waals surface area contributed by atoms with Gasteiger partial charge in [0.1, 0.15) is 23.5 Å². The third-order valence-corrected chi connectivity index (χ3v) is 4.34. The zero-order valence-corrected chi connectivity index (χ0v) is 16.7. The number of rotatable bonds is 8. The summed E-state index contributed by atoms with van der Waals surface area (Å²) in [6, 6.07) is 16.3. The van der Waals surface area contributed by atoms with Crippen LogP contribution in [0.4, 0.5) is 4.39 Å². The summed E-state index contributed by atoms with van der Waals surface area (Å²) < 4.78 is 20.9. The second-order valence-corrected chi connectivity index (χ2v) is 6.65. The second kappa shape index (κ2) is 10.3. The van der Waals surface area contributed by atoms with Crippen LogP contribution in [0.25, 0.3) is 0 Å². The SMILES string of the molecule is CN=C(NCc1nccn1Cc1ccccc1)NCC(C)Oc1ccc(F)cc1. The van der Waals surface area contributed by atoms with Gasteiger partial charge in [-0.15, -0.1) is 0 Å². The van der Waals surface area contributed by atoms with E-state index in [0.717, 1.165) is 12.4 Å². The maximum absolute atomic E-state index is 13.0. The van der Waals surface area contributed by atoms with E-state index >= 15 is 0 Å². The van der Waals surface area contributed by atoms with E-state index < -0.39 is 0 Å². The quantitative estimate of drug-likeness (QED) is 0.454. The fourth-order valence-corrected chi connectivity index (χ4v) is 2.84. The molecule has 0 spiro atoms. The molecule has 152 valence electrons. The van der Waals surface area contributed by atoms with Crippen LogP contribution in [-0.4, -0.2) is 35.2 Å². The molecule has 29 heavy (non-hydrogen) atoms. The highest BCUT2D eigenvalue weighted by molar-refractivity contribution is 5.79. The number of hydrogen-bond acceptors (Lipinski definition) is 3. The summed E-state index contributed by atoms with van der Waals surface area (Å²) in [5, 5.41) is 6.51. The van der Waals surface area contributed by atoms with Gasteiger partial charge in [0.25, 0.3) is 0 Å². The van der Waals surface area contributed by atoms with Crippen LogP contribution in [0.5, 0.6) is 5.75 Å². The first-order chi connectivity index (χ1) is 14.1. The van der Waals surface area contributed by atoms with Crippen LogP contribution in [0.3, 0.4) is 0 Å². The van der Waals surface area contributed by atoms with Crippen molar-refractivity contribution in [2.75, 3.05) is 13.6 Å². The fourth-order valence-electron chi connectivity index (χ4n) is 2.84. The van der Waals surface area contributed by atoms with Gasteiger partial charge in [-0.1, -0.05) is 30.3 Å². The summed E-state index contributed by atoms with van der Waals surface area (Å²) in [4.78, 5) is 8.68. The first kappa shape index (κ1) is 20.4. The molecule has 0 bridgehead atoms. The molecular weight excluding hydrogens is 369 g/mol. The topological polar surface area (TPSA) is 63.5 Å². The Morgan fingerprint density at radius 1 is 1.14 bits per heavy atom. The maximum Gasteiger partial charge on any atom is 0.191 e. The summed E-state index contributed by atoms with van der Waals surface area (Å²) in [6.07, 6.45) is 3.66. The zero-order valence-electron chi connectivity index (χ0n) is 16.7. The lowest BCUT2D eigenvalue weighted by Gasteiger charge is -2.18. The standard InChI is InChI=1S/C22H26FN5O/c1-17(29-20-10-8-19(23)9-11-20)14-26-22(24-2)27-15-21-25-12-13-28(21)16-18-6-4-3-5-7-18/h3-13,17H,14-16H2,1-2H3,(H2,24,26,27). The normalized spacial score (nSPS) is 12.4. The Labute approximate surface area is 170 Å². The van der Waals surface area contributed by atoms with Crippen LogP contribution in [0, 0.1) is 5.82 Å². The van der Waals surface area contributed by atoms with Crippen molar-refractivity contribution in [1.82, 2.24) is 20.2 Å². The minimum atomic E-state index is -0.279. The summed E-state index contributed by atoms with van der Waals surface area (Å²) in [5.41, 5.74) is 1.22. The van der Waals surface area contributed by atoms with Gasteiger partial charge in [-0.05, 0) is 36.8 Å². The molecule has 2 N–H and O–H groups in total. The smallest absolute Gasteiger partial charge is 0.191 e. The molecule has 0 aliphatic carbocycles. The Morgan fingerprint density at radius 3 is 2.62 bits per heavy atom. The van der Waals surface area contributed by atoms with Crippen LogP contribution in [-0.2, 0) is 13.1 Å². The number of aliphatic imine (C=N–C) groups is 1. The molecule has 2 aromatic carbocycles. The van der Waals surface area contributed by atoms with Crippen molar-refractivity contribution in [3.05, 3.63) is 84.2 Å². The lowest BCUT2D eigenvalue weighted by atomic mass is 10.2. The number of halogens is 1. The number of ether oxygens (including phenoxy) is 1. The van der Waals surface area contributed by atoms with Gasteiger partial charge in [0.15, 0.2) is 5.96 Å². The summed E-state index contributed by atoms with van der Waals surface area (Å²) in [7, 11) is 1.72. The van der Waals surface area contributed by atoms with Crippen molar-refractivity contribution in [3.63, 3.8) is 0 Å². The number of guanidine groups is 1. The molecule has 0 amide bonds. The van der Waals surface area contributed by atoms with E-state index in [0.29, 0.717) is 24.8 Å². The number of aromatic nitrogens is 2. The van der Waals surface area contributed by atoms with Gasteiger partial charge in [0.2, 0.25) is 0 Å². The summed E-state index contributed by atoms with van der Waals surface area (Å²) >= 11 is 0. The third-order valence-electron chi connectivity index (χ3n) is 4.34. The largest absolute Gasteiger partial charge is 0.489 e. The van der Waals surface area contributed by atoms with Crippen molar-refractivity contribution in [3.8, 4) is 5.75 Å². The highest BCUT2D eigenvalue weighted by atomic mass is 19.1. The number of benzene rings is 2. The molecule has 1 unspecified atom stereocenters. The van der Waals surface area contributed by atoms with Gasteiger partial charge >= 0.3 is 0 Å². The molecule has 0 aliphatic rings. The Bertz CT molecular complexity index is 908. The van der Waals surface area contributed by atoms with Crippen molar-refractivity contribution in [2.24, 2.45) is 4.99 Å². The van der Waals surface area contributed by atoms with E-state index in [1.54, 1.807) is 25.4 Å². The van der Waals surface area contributed by atoms with Crippen molar-refractivity contribution < 1.29 is 9.13 Å². The van der Waals surface area contributed by atoms with E-state index in [1.165, 1.54) is 17.7 Å². The van der Waals surface area contributed by atoms with E-state index in [2.05, 4.69) is 37.3 Å². The highest BCUT2D eigenvalue weighted by Gasteiger charge is 2.08. The van der Waals surface area contributed by atoms with Crippen LogP contribution >= 0.6 is 0 Å². The fraction of sp³-hybridized carbons (Fsp3) is 0.273. The lowest BCUT2D eigenvalue weighted by Crippen LogP contribution is -2.41. The molecule has 0 saturated heterocycles. The monoisotopic (exact) mass is 395 g/mol. The van der Waals surface area contributed by atoms with Crippen LogP contribution in [0.15, 0.2) is 72.0 Å². The molecule has 6 nitrogen and oxygen atoms in total. The van der Waals surface area contributed by atoms with Crippen molar-refractivity contribution in [1.29, 1.82) is 0 Å². The molecule has 3 rings (SSSR count). The summed E-state index contributed by atoms with van der Waals surface area (Å²) in [5.74, 6) is 1.94. The van der Waals surface area contributed by atoms with Gasteiger partial charge < -0.3 is 19.9 Å². The van der Waals surface area contributed by atoms with Crippen LogP contribution in [0.2, 0.25) is 0 Å². The van der Waals surface area contributed by atoms with Gasteiger partial charge in [-0.3, -0.25) is 4.99 Å². The number of imidazole rings is 1. The molecule has 1 atom stereocenters. The van der Waals surface area contributed by atoms with Crippen LogP contribution in [0.1, 0.15) is 18.3 Å². The molecule has 0 saturated carbocycles. The van der Waals surface area contributed by atoms with Gasteiger partial charge in [-0.2, -0.15) is 0 Å². The number of hydrogen-bond donors (Lipinski definition) is 2. The average molecular weight is 395 g/mol. The zero-order chi connectivity index (χ0) is 20.5. The minimum absolute atomic E-state index is 0.112. The third kappa shape index (κ3) is 6.34. The number of nitrogens with zero attached hydrogens (tertiary/aromatic N) is 3. The summed E-state index contributed by atoms with van der Waals surface area (Å²) in [6.45, 7) is 3.81. The molecule has 0 radical (unpaired) electrons. The first-order valence-electron chi connectivity index (χ1n) is 9.54. The first-order valence-corrected chi connectivity index (χ1v) is 9.54. The average Bonchev–Trinajstić information content (AvgIpc) is 3.17. The van der Waals surface area contributed by atoms with E-state index in [9.17, 15) is 4.39 Å². The molecule has 1 aromatic heterocycles. The molecule has 7 heteroatoms. The van der Waals surface area contributed by atoms with Gasteiger partial charge in [0.05, 0.1) is 13.1 Å². The van der Waals surface area contributed by atoms with E-state index in [4.69, 9.17) is 4.74 Å². The highest BCUT2D eigenvalue weighted by Crippen LogP contribution is 2.12. The minimum Gasteiger partial charge on any atom is -0.489 e. The van der Waals surface area contributed by atoms with Crippen LogP contribution < -0.4 is 15.4 Å². The Balaban J connectivity index is 1.47. The Morgan fingerprint density at radius 2 is 1.90 bits per heavy atom. The molecule has 0 aliphatic heterocycles. The lowest BCUT2D eigenvalue weighted by molar-refractivity contribution is 0.223. The molecule has 3 aromatic rings. The van der Waals surface area contributed by atoms with Crippen molar-refractivity contribution >= 4 is 5.96 Å². The molecular formula is C22H26FN5O. The predicted octanol–water partition coefficient (Wildman–Crippen LogP) is 3.20. The number of nitrogens with one attached hydrogen (secondary N) is 2. The van der Waals surface area contributed by atoms with E-state index in [1.807, 2.05) is 31.3 Å². The Hall–Kier alpha value is -3.35. The molecule has 0 fully saturated rings. The van der Waals surface area contributed by atoms with Gasteiger partial charge in [0, 0.05) is 26.0 Å². The maximum atomic E-state index is 13.0. The second-order valence-electron chi connectivity index (χ2n) is 6.65. The van der Waals surface area contributed by atoms with Gasteiger partial charge in [-0.25, -0.2) is 9.37 Å².